The summed E-state index contributed by atoms with van der Waals surface area (Å²) >= 11 is 2.21. The number of nitrogens with zero attached hydrogens (tertiary/aromatic N) is 1. The number of rotatable bonds is 16. The fourth-order valence-corrected chi connectivity index (χ4v) is 3.56. The molecule has 24 heavy (non-hydrogen) atoms. The molecule has 0 rings (SSSR count). The molecular formula is C21H41ClIN. The van der Waals surface area contributed by atoms with Crippen molar-refractivity contribution in [3.63, 3.8) is 0 Å². The van der Waals surface area contributed by atoms with Gasteiger partial charge in [0, 0.05) is 22.6 Å². The highest BCUT2D eigenvalue weighted by Gasteiger charge is 2.25. The summed E-state index contributed by atoms with van der Waals surface area (Å²) in [5.41, 5.74) is 0. The third-order valence-electron chi connectivity index (χ3n) is 4.94. The van der Waals surface area contributed by atoms with E-state index in [1.807, 2.05) is 0 Å². The standard InChI is InChI=1S/C21H41IN.ClH/c1-4-7-10-13-18-23(21-16-17-22,19-14-11-8-5-2)20-15-12-9-6-3;/h4-15,18-21H2,1-3H3;1H/q+1;/p-1. The molecule has 0 aromatic rings. The minimum Gasteiger partial charge on any atom is -1.00 e. The van der Waals surface area contributed by atoms with E-state index in [2.05, 4.69) is 53.2 Å². The van der Waals surface area contributed by atoms with E-state index in [0.717, 1.165) is 6.54 Å². The molecule has 0 saturated heterocycles. The van der Waals surface area contributed by atoms with Crippen LogP contribution in [-0.2, 0) is 0 Å². The van der Waals surface area contributed by atoms with Crippen LogP contribution in [0.2, 0.25) is 0 Å². The first-order valence-electron chi connectivity index (χ1n) is 10.2. The van der Waals surface area contributed by atoms with Crippen LogP contribution in [0.25, 0.3) is 0 Å². The van der Waals surface area contributed by atoms with Crippen LogP contribution in [0.15, 0.2) is 0 Å². The van der Waals surface area contributed by atoms with E-state index in [-0.39, 0.29) is 12.4 Å². The normalized spacial score (nSPS) is 10.8. The smallest absolute Gasteiger partial charge is 0.141 e. The quantitative estimate of drug-likeness (QED) is 0.139. The Bertz CT molecular complexity index is 277. The molecule has 3 heteroatoms. The summed E-state index contributed by atoms with van der Waals surface area (Å²) < 4.78 is 4.40. The number of quaternary nitrogens is 1. The molecule has 0 N–H and O–H groups in total. The van der Waals surface area contributed by atoms with E-state index in [4.69, 9.17) is 0 Å². The van der Waals surface area contributed by atoms with E-state index in [1.54, 1.807) is 0 Å². The van der Waals surface area contributed by atoms with Crippen LogP contribution in [0.5, 0.6) is 0 Å². The summed E-state index contributed by atoms with van der Waals surface area (Å²) in [5, 5.41) is 0. The topological polar surface area (TPSA) is 0 Å². The molecule has 0 radical (unpaired) electrons. The summed E-state index contributed by atoms with van der Waals surface area (Å²) in [6.45, 7) is 12.0. The molecule has 0 aromatic carbocycles. The second kappa shape index (κ2) is 19.9. The Kier molecular flexibility index (Phi) is 22.1. The number of hydrogen-bond donors (Lipinski definition) is 0. The SMILES string of the molecule is CCCCCC[N+](CC#CI)(CCCCCC)CCCCCC.[Cl-]. The Morgan fingerprint density at radius 2 is 1.00 bits per heavy atom. The zero-order valence-corrected chi connectivity index (χ0v) is 19.4. The first-order valence-corrected chi connectivity index (χ1v) is 11.3. The first-order chi connectivity index (χ1) is 11.2. The third-order valence-corrected chi connectivity index (χ3v) is 5.32. The van der Waals surface area contributed by atoms with Gasteiger partial charge in [0.05, 0.1) is 19.6 Å². The van der Waals surface area contributed by atoms with E-state index < -0.39 is 0 Å². The van der Waals surface area contributed by atoms with E-state index in [1.165, 1.54) is 101 Å². The monoisotopic (exact) mass is 469 g/mol. The fraction of sp³-hybridized carbons (Fsp3) is 0.905. The highest BCUT2D eigenvalue weighted by molar-refractivity contribution is 14.1. The van der Waals surface area contributed by atoms with E-state index >= 15 is 0 Å². The fourth-order valence-electron chi connectivity index (χ4n) is 3.39. The number of hydrogen-bond acceptors (Lipinski definition) is 0. The maximum absolute atomic E-state index is 3.42. The van der Waals surface area contributed by atoms with E-state index in [9.17, 15) is 0 Å². The summed E-state index contributed by atoms with van der Waals surface area (Å²) in [5.74, 6) is 3.42. The van der Waals surface area contributed by atoms with Crippen LogP contribution in [-0.4, -0.2) is 30.7 Å². The Morgan fingerprint density at radius 1 is 0.625 bits per heavy atom. The molecular weight excluding hydrogens is 429 g/mol. The average molecular weight is 470 g/mol. The lowest BCUT2D eigenvalue weighted by molar-refractivity contribution is -0.922. The Hall–Kier alpha value is 0.540. The highest BCUT2D eigenvalue weighted by Crippen LogP contribution is 2.17. The molecule has 0 unspecified atom stereocenters. The second-order valence-electron chi connectivity index (χ2n) is 7.12. The summed E-state index contributed by atoms with van der Waals surface area (Å²) in [6.07, 6.45) is 16.5. The van der Waals surface area contributed by atoms with Gasteiger partial charge in [0.2, 0.25) is 0 Å². The third kappa shape index (κ3) is 14.8. The minimum atomic E-state index is 0. The van der Waals surface area contributed by atoms with Crippen molar-refractivity contribution in [1.82, 2.24) is 0 Å². The molecule has 0 atom stereocenters. The molecule has 0 amide bonds. The van der Waals surface area contributed by atoms with Crippen LogP contribution in [0.1, 0.15) is 97.8 Å². The summed E-state index contributed by atoms with van der Waals surface area (Å²) in [6, 6.07) is 0. The van der Waals surface area contributed by atoms with Crippen molar-refractivity contribution in [2.24, 2.45) is 0 Å². The molecule has 0 heterocycles. The van der Waals surface area contributed by atoms with Gasteiger partial charge in [-0.15, -0.1) is 0 Å². The van der Waals surface area contributed by atoms with Crippen molar-refractivity contribution >= 4 is 22.6 Å². The van der Waals surface area contributed by atoms with Crippen LogP contribution < -0.4 is 12.4 Å². The van der Waals surface area contributed by atoms with Crippen molar-refractivity contribution in [1.29, 1.82) is 0 Å². The first kappa shape index (κ1) is 26.8. The van der Waals surface area contributed by atoms with Gasteiger partial charge in [0.25, 0.3) is 0 Å². The van der Waals surface area contributed by atoms with Crippen molar-refractivity contribution in [2.75, 3.05) is 26.2 Å². The van der Waals surface area contributed by atoms with Crippen LogP contribution in [0.3, 0.4) is 0 Å². The Labute approximate surface area is 172 Å². The number of unbranched alkanes of at least 4 members (excludes halogenated alkanes) is 9. The summed E-state index contributed by atoms with van der Waals surface area (Å²) in [4.78, 5) is 0. The maximum atomic E-state index is 3.42. The van der Waals surface area contributed by atoms with Gasteiger partial charge in [-0.05, 0) is 48.4 Å². The zero-order chi connectivity index (χ0) is 17.2. The molecule has 1 nitrogen and oxygen atoms in total. The predicted molar refractivity (Wildman–Crippen MR) is 114 cm³/mol. The Balaban J connectivity index is 0. The molecule has 0 spiro atoms. The maximum Gasteiger partial charge on any atom is 0.141 e. The zero-order valence-electron chi connectivity index (χ0n) is 16.5. The van der Waals surface area contributed by atoms with Crippen molar-refractivity contribution in [3.8, 4) is 9.85 Å². The van der Waals surface area contributed by atoms with Gasteiger partial charge in [0.1, 0.15) is 6.54 Å². The van der Waals surface area contributed by atoms with Gasteiger partial charge in [-0.2, -0.15) is 0 Å². The van der Waals surface area contributed by atoms with Crippen LogP contribution in [0.4, 0.5) is 0 Å². The van der Waals surface area contributed by atoms with Gasteiger partial charge in [-0.1, -0.05) is 59.3 Å². The van der Waals surface area contributed by atoms with E-state index in [0.29, 0.717) is 0 Å². The van der Waals surface area contributed by atoms with Crippen molar-refractivity contribution in [3.05, 3.63) is 0 Å². The van der Waals surface area contributed by atoms with Crippen LogP contribution in [0, 0.1) is 9.85 Å². The van der Waals surface area contributed by atoms with Gasteiger partial charge in [0.15, 0.2) is 0 Å². The average Bonchev–Trinajstić information content (AvgIpc) is 2.57. The predicted octanol–water partition coefficient (Wildman–Crippen LogP) is 3.94. The molecule has 0 aliphatic carbocycles. The highest BCUT2D eigenvalue weighted by atomic mass is 127. The lowest BCUT2D eigenvalue weighted by Gasteiger charge is -2.38. The van der Waals surface area contributed by atoms with Gasteiger partial charge in [-0.3, -0.25) is 0 Å². The second-order valence-corrected chi connectivity index (χ2v) is 7.66. The molecule has 0 bridgehead atoms. The number of halogens is 2. The molecule has 144 valence electrons. The van der Waals surface area contributed by atoms with Crippen molar-refractivity contribution < 1.29 is 16.9 Å². The lowest BCUT2D eigenvalue weighted by Crippen LogP contribution is -3.00. The van der Waals surface area contributed by atoms with Gasteiger partial charge < -0.3 is 16.9 Å². The van der Waals surface area contributed by atoms with Crippen LogP contribution >= 0.6 is 22.6 Å². The lowest BCUT2D eigenvalue weighted by atomic mass is 10.1. The van der Waals surface area contributed by atoms with Gasteiger partial charge in [-0.25, -0.2) is 0 Å². The molecule has 0 aliphatic rings. The summed E-state index contributed by atoms with van der Waals surface area (Å²) in [7, 11) is 0. The van der Waals surface area contributed by atoms with Gasteiger partial charge >= 0.3 is 0 Å². The molecule has 0 aliphatic heterocycles. The minimum absolute atomic E-state index is 0. The van der Waals surface area contributed by atoms with Crippen molar-refractivity contribution in [2.45, 2.75) is 97.8 Å². The largest absolute Gasteiger partial charge is 1.00 e. The molecule has 0 aromatic heterocycles. The molecule has 0 fully saturated rings. The molecule has 0 saturated carbocycles. The Morgan fingerprint density at radius 3 is 1.29 bits per heavy atom.